The maximum atomic E-state index is 11.7. The van der Waals surface area contributed by atoms with Gasteiger partial charge in [-0.25, -0.2) is 4.98 Å². The third kappa shape index (κ3) is 3.20. The van der Waals surface area contributed by atoms with Crippen LogP contribution < -0.4 is 10.6 Å². The highest BCUT2D eigenvalue weighted by Gasteiger charge is 2.13. The Hall–Kier alpha value is -1.62. The van der Waals surface area contributed by atoms with Gasteiger partial charge in [-0.05, 0) is 31.5 Å². The summed E-state index contributed by atoms with van der Waals surface area (Å²) in [4.78, 5) is 17.5. The molecular formula is C13H20N4O. The van der Waals surface area contributed by atoms with Crippen LogP contribution in [-0.2, 0) is 0 Å². The van der Waals surface area contributed by atoms with Crippen molar-refractivity contribution in [1.29, 1.82) is 0 Å². The van der Waals surface area contributed by atoms with Crippen molar-refractivity contribution >= 4 is 11.7 Å². The fourth-order valence-electron chi connectivity index (χ4n) is 2.05. The summed E-state index contributed by atoms with van der Waals surface area (Å²) in [7, 11) is 3.48. The van der Waals surface area contributed by atoms with Crippen molar-refractivity contribution in [1.82, 2.24) is 15.2 Å². The first-order valence-corrected chi connectivity index (χ1v) is 6.32. The zero-order valence-electron chi connectivity index (χ0n) is 10.9. The van der Waals surface area contributed by atoms with Crippen LogP contribution in [0.15, 0.2) is 18.3 Å². The molecular weight excluding hydrogens is 228 g/mol. The Bertz CT molecular complexity index is 396. The van der Waals surface area contributed by atoms with Crippen molar-refractivity contribution in [2.75, 3.05) is 32.5 Å². The predicted molar refractivity (Wildman–Crippen MR) is 71.8 cm³/mol. The highest BCUT2D eigenvalue weighted by Crippen LogP contribution is 2.11. The van der Waals surface area contributed by atoms with E-state index >= 15 is 0 Å². The lowest BCUT2D eigenvalue weighted by Crippen LogP contribution is -2.38. The van der Waals surface area contributed by atoms with Gasteiger partial charge in [-0.1, -0.05) is 0 Å². The monoisotopic (exact) mass is 248 g/mol. The number of carbonyl (C=O) groups is 1. The van der Waals surface area contributed by atoms with E-state index in [0.29, 0.717) is 11.6 Å². The molecule has 0 saturated carbocycles. The fourth-order valence-corrected chi connectivity index (χ4v) is 2.05. The maximum absolute atomic E-state index is 11.7. The third-order valence-corrected chi connectivity index (χ3v) is 3.07. The minimum Gasteiger partial charge on any atom is -0.366 e. The quantitative estimate of drug-likeness (QED) is 0.836. The van der Waals surface area contributed by atoms with Gasteiger partial charge in [0, 0.05) is 32.9 Å². The van der Waals surface area contributed by atoms with Crippen LogP contribution in [0.4, 0.5) is 5.82 Å². The van der Waals surface area contributed by atoms with E-state index in [2.05, 4.69) is 15.6 Å². The molecule has 1 aliphatic heterocycles. The van der Waals surface area contributed by atoms with Crippen molar-refractivity contribution in [2.24, 2.45) is 0 Å². The van der Waals surface area contributed by atoms with Crippen LogP contribution in [0.5, 0.6) is 0 Å². The molecule has 1 aliphatic rings. The van der Waals surface area contributed by atoms with Crippen molar-refractivity contribution in [3.05, 3.63) is 23.9 Å². The Morgan fingerprint density at radius 3 is 2.89 bits per heavy atom. The van der Waals surface area contributed by atoms with Crippen LogP contribution in [0.25, 0.3) is 0 Å². The van der Waals surface area contributed by atoms with Gasteiger partial charge in [-0.2, -0.15) is 0 Å². The summed E-state index contributed by atoms with van der Waals surface area (Å²) in [6.45, 7) is 2.07. The molecule has 0 aromatic carbocycles. The molecule has 1 aromatic rings. The first-order chi connectivity index (χ1) is 8.66. The number of hydrogen-bond acceptors (Lipinski definition) is 4. The maximum Gasteiger partial charge on any atom is 0.254 e. The number of nitrogens with zero attached hydrogens (tertiary/aromatic N) is 2. The van der Waals surface area contributed by atoms with Gasteiger partial charge < -0.3 is 15.5 Å². The summed E-state index contributed by atoms with van der Waals surface area (Å²) in [6.07, 6.45) is 3.98. The van der Waals surface area contributed by atoms with Gasteiger partial charge in [0.05, 0.1) is 5.56 Å². The van der Waals surface area contributed by atoms with E-state index in [0.717, 1.165) is 25.3 Å². The highest BCUT2D eigenvalue weighted by atomic mass is 16.2. The normalized spacial score (nSPS) is 19.3. The first-order valence-electron chi connectivity index (χ1n) is 6.32. The molecule has 1 atom stereocenters. The van der Waals surface area contributed by atoms with Crippen molar-refractivity contribution < 1.29 is 4.79 Å². The second kappa shape index (κ2) is 5.82. The minimum atomic E-state index is -0.0200. The number of amides is 1. The van der Waals surface area contributed by atoms with E-state index in [9.17, 15) is 4.79 Å². The van der Waals surface area contributed by atoms with Crippen LogP contribution >= 0.6 is 0 Å². The summed E-state index contributed by atoms with van der Waals surface area (Å²) in [5.74, 6) is 0.812. The Balaban J connectivity index is 1.96. The number of anilines is 1. The van der Waals surface area contributed by atoms with E-state index in [-0.39, 0.29) is 5.91 Å². The third-order valence-electron chi connectivity index (χ3n) is 3.07. The molecule has 98 valence electrons. The Morgan fingerprint density at radius 2 is 2.33 bits per heavy atom. The van der Waals surface area contributed by atoms with Crippen molar-refractivity contribution in [3.8, 4) is 0 Å². The molecule has 0 aliphatic carbocycles. The molecule has 2 rings (SSSR count). The summed E-state index contributed by atoms with van der Waals surface area (Å²) >= 11 is 0. The molecule has 1 unspecified atom stereocenters. The SMILES string of the molecule is CN(C)C(=O)c1ccc(NC2CCCNC2)nc1. The lowest BCUT2D eigenvalue weighted by molar-refractivity contribution is 0.0827. The molecule has 5 heteroatoms. The largest absolute Gasteiger partial charge is 0.366 e. The number of rotatable bonds is 3. The topological polar surface area (TPSA) is 57.3 Å². The summed E-state index contributed by atoms with van der Waals surface area (Å²) in [5, 5.41) is 6.73. The second-order valence-electron chi connectivity index (χ2n) is 4.82. The van der Waals surface area contributed by atoms with E-state index in [1.165, 1.54) is 6.42 Å². The summed E-state index contributed by atoms with van der Waals surface area (Å²) in [5.41, 5.74) is 0.618. The lowest BCUT2D eigenvalue weighted by atomic mass is 10.1. The summed E-state index contributed by atoms with van der Waals surface area (Å²) in [6, 6.07) is 4.11. The van der Waals surface area contributed by atoms with Gasteiger partial charge in [-0.15, -0.1) is 0 Å². The van der Waals surface area contributed by atoms with Crippen molar-refractivity contribution in [2.45, 2.75) is 18.9 Å². The Morgan fingerprint density at radius 1 is 1.50 bits per heavy atom. The second-order valence-corrected chi connectivity index (χ2v) is 4.82. The first kappa shape index (κ1) is 12.8. The van der Waals surface area contributed by atoms with Gasteiger partial charge in [0.25, 0.3) is 5.91 Å². The number of aromatic nitrogens is 1. The molecule has 1 amide bonds. The number of nitrogens with one attached hydrogen (secondary N) is 2. The molecule has 0 bridgehead atoms. The number of pyridine rings is 1. The molecule has 2 heterocycles. The van der Waals surface area contributed by atoms with E-state index in [1.54, 1.807) is 25.2 Å². The summed E-state index contributed by atoms with van der Waals surface area (Å²) < 4.78 is 0. The average molecular weight is 248 g/mol. The van der Waals surface area contributed by atoms with Crippen LogP contribution in [0, 0.1) is 0 Å². The molecule has 18 heavy (non-hydrogen) atoms. The molecule has 1 saturated heterocycles. The standard InChI is InChI=1S/C13H20N4O/c1-17(2)13(18)10-5-6-12(15-8-10)16-11-4-3-7-14-9-11/h5-6,8,11,14H,3-4,7,9H2,1-2H3,(H,15,16). The highest BCUT2D eigenvalue weighted by molar-refractivity contribution is 5.93. The molecule has 2 N–H and O–H groups in total. The molecule has 0 spiro atoms. The van der Waals surface area contributed by atoms with Crippen LogP contribution in [0.3, 0.4) is 0 Å². The molecule has 1 aromatic heterocycles. The van der Waals surface area contributed by atoms with Crippen LogP contribution in [0.1, 0.15) is 23.2 Å². The van der Waals surface area contributed by atoms with E-state index in [4.69, 9.17) is 0 Å². The zero-order valence-corrected chi connectivity index (χ0v) is 10.9. The van der Waals surface area contributed by atoms with Gasteiger partial charge in [0.2, 0.25) is 0 Å². The molecule has 1 fully saturated rings. The molecule has 0 radical (unpaired) electrons. The number of piperidine rings is 1. The minimum absolute atomic E-state index is 0.0200. The number of hydrogen-bond donors (Lipinski definition) is 2. The van der Waals surface area contributed by atoms with E-state index in [1.807, 2.05) is 12.1 Å². The van der Waals surface area contributed by atoms with Gasteiger partial charge in [0.1, 0.15) is 5.82 Å². The van der Waals surface area contributed by atoms with E-state index < -0.39 is 0 Å². The predicted octanol–water partition coefficient (Wildman–Crippen LogP) is 0.947. The molecule has 5 nitrogen and oxygen atoms in total. The Labute approximate surface area is 108 Å². The van der Waals surface area contributed by atoms with Crippen LogP contribution in [0.2, 0.25) is 0 Å². The lowest BCUT2D eigenvalue weighted by Gasteiger charge is -2.24. The van der Waals surface area contributed by atoms with Gasteiger partial charge in [0.15, 0.2) is 0 Å². The van der Waals surface area contributed by atoms with Crippen LogP contribution in [-0.4, -0.2) is 49.0 Å². The van der Waals surface area contributed by atoms with Gasteiger partial charge in [-0.3, -0.25) is 4.79 Å². The Kier molecular flexibility index (Phi) is 4.15. The fraction of sp³-hybridized carbons (Fsp3) is 0.538. The zero-order chi connectivity index (χ0) is 13.0. The van der Waals surface area contributed by atoms with Gasteiger partial charge >= 0.3 is 0 Å². The van der Waals surface area contributed by atoms with Crippen molar-refractivity contribution in [3.63, 3.8) is 0 Å². The smallest absolute Gasteiger partial charge is 0.254 e. The number of carbonyl (C=O) groups excluding carboxylic acids is 1. The average Bonchev–Trinajstić information content (AvgIpc) is 2.40.